The molecule has 0 radical (unpaired) electrons. The number of amides is 1. The molecule has 1 aromatic rings. The van der Waals surface area contributed by atoms with E-state index in [1.54, 1.807) is 0 Å². The molecule has 0 spiro atoms. The highest BCUT2D eigenvalue weighted by molar-refractivity contribution is 5.68. The van der Waals surface area contributed by atoms with Crippen molar-refractivity contribution >= 4 is 6.09 Å². The third-order valence-corrected chi connectivity index (χ3v) is 6.27. The predicted molar refractivity (Wildman–Crippen MR) is 123 cm³/mol. The summed E-state index contributed by atoms with van der Waals surface area (Å²) >= 11 is 0. The van der Waals surface area contributed by atoms with Crippen molar-refractivity contribution in [2.45, 2.75) is 69.6 Å². The fourth-order valence-corrected chi connectivity index (χ4v) is 4.13. The normalized spacial score (nSPS) is 18.5. The number of unbranched alkanes of at least 4 members (excludes halogenated alkanes) is 3. The van der Waals surface area contributed by atoms with Crippen LogP contribution in [0.2, 0.25) is 0 Å². The van der Waals surface area contributed by atoms with Crippen LogP contribution >= 0.6 is 0 Å². The number of likely N-dealkylation sites (N-methyl/N-ethyl adjacent to an activating group) is 1. The molecular formula is C25H35F5N2O3. The molecule has 0 aromatic heterocycles. The van der Waals surface area contributed by atoms with Gasteiger partial charge in [0.25, 0.3) is 0 Å². The topological polar surface area (TPSA) is 42.0 Å². The summed E-state index contributed by atoms with van der Waals surface area (Å²) in [6.07, 6.45) is 2.82. The smallest absolute Gasteiger partial charge is 0.380 e. The molecule has 2 rings (SSSR count). The van der Waals surface area contributed by atoms with Crippen LogP contribution in [0.1, 0.15) is 56.9 Å². The molecule has 35 heavy (non-hydrogen) atoms. The summed E-state index contributed by atoms with van der Waals surface area (Å²) in [6, 6.07) is 0.356. The third-order valence-electron chi connectivity index (χ3n) is 6.27. The minimum absolute atomic E-state index is 0.0483. The summed E-state index contributed by atoms with van der Waals surface area (Å²) in [5.41, 5.74) is -1.54. The van der Waals surface area contributed by atoms with Gasteiger partial charge in [-0.25, -0.2) is 18.0 Å². The predicted octanol–water partition coefficient (Wildman–Crippen LogP) is 6.23. The molecule has 1 aliphatic rings. The number of hydrogen-bond acceptors (Lipinski definition) is 4. The Balaban J connectivity index is 1.70. The second kappa shape index (κ2) is 13.8. The molecule has 0 unspecified atom stereocenters. The first-order valence-electron chi connectivity index (χ1n) is 12.0. The van der Waals surface area contributed by atoms with Gasteiger partial charge in [-0.15, -0.1) is 6.58 Å². The summed E-state index contributed by atoms with van der Waals surface area (Å²) < 4.78 is 78.7. The van der Waals surface area contributed by atoms with E-state index in [1.165, 1.54) is 7.05 Å². The third kappa shape index (κ3) is 8.75. The van der Waals surface area contributed by atoms with Gasteiger partial charge in [0.05, 0.1) is 6.10 Å². The lowest BCUT2D eigenvalue weighted by Gasteiger charge is -2.34. The lowest BCUT2D eigenvalue weighted by atomic mass is 9.92. The van der Waals surface area contributed by atoms with Crippen LogP contribution in [0.15, 0.2) is 24.8 Å². The average molecular weight is 507 g/mol. The average Bonchev–Trinajstić information content (AvgIpc) is 2.81. The molecule has 0 aliphatic heterocycles. The second-order valence-corrected chi connectivity index (χ2v) is 8.99. The molecule has 1 amide bonds. The van der Waals surface area contributed by atoms with Crippen molar-refractivity contribution in [2.75, 3.05) is 33.8 Å². The van der Waals surface area contributed by atoms with Crippen LogP contribution in [0.3, 0.4) is 0 Å². The Morgan fingerprint density at radius 2 is 1.71 bits per heavy atom. The maximum absolute atomic E-state index is 14.3. The summed E-state index contributed by atoms with van der Waals surface area (Å²) in [7, 11) is 3.38. The van der Waals surface area contributed by atoms with Gasteiger partial charge in [0.1, 0.15) is 5.56 Å². The first kappa shape index (κ1) is 29.0. The first-order chi connectivity index (χ1) is 16.6. The van der Waals surface area contributed by atoms with E-state index < -0.39 is 35.2 Å². The van der Waals surface area contributed by atoms with Gasteiger partial charge in [0.2, 0.25) is 0 Å². The minimum Gasteiger partial charge on any atom is -0.380 e. The molecule has 1 aliphatic carbocycles. The van der Waals surface area contributed by atoms with Crippen LogP contribution in [0.5, 0.6) is 0 Å². The van der Waals surface area contributed by atoms with E-state index in [2.05, 4.69) is 23.3 Å². The van der Waals surface area contributed by atoms with Crippen LogP contribution in [-0.4, -0.2) is 61.8 Å². The van der Waals surface area contributed by atoms with Gasteiger partial charge >= 0.3 is 12.2 Å². The Hall–Kier alpha value is -2.20. The number of benzene rings is 1. The number of hydrogen-bond donors (Lipinski definition) is 0. The van der Waals surface area contributed by atoms with Crippen molar-refractivity contribution in [1.29, 1.82) is 0 Å². The van der Waals surface area contributed by atoms with Crippen LogP contribution in [0.25, 0.3) is 0 Å². The molecule has 1 fully saturated rings. The highest BCUT2D eigenvalue weighted by Gasteiger charge is 2.42. The van der Waals surface area contributed by atoms with E-state index in [4.69, 9.17) is 4.74 Å². The molecule has 1 saturated carbocycles. The second-order valence-electron chi connectivity index (χ2n) is 8.99. The minimum atomic E-state index is -4.45. The Kier molecular flexibility index (Phi) is 11.4. The van der Waals surface area contributed by atoms with Crippen molar-refractivity contribution in [1.82, 2.24) is 9.80 Å². The molecule has 1 aromatic carbocycles. The van der Waals surface area contributed by atoms with Crippen LogP contribution in [0.4, 0.5) is 26.7 Å². The number of rotatable bonds is 13. The van der Waals surface area contributed by atoms with Gasteiger partial charge < -0.3 is 19.3 Å². The van der Waals surface area contributed by atoms with E-state index in [1.807, 2.05) is 6.08 Å². The van der Waals surface area contributed by atoms with Crippen molar-refractivity contribution in [3.63, 3.8) is 0 Å². The van der Waals surface area contributed by atoms with E-state index in [9.17, 15) is 26.7 Å². The Labute approximate surface area is 203 Å². The summed E-state index contributed by atoms with van der Waals surface area (Å²) in [5, 5.41) is 0. The largest absolute Gasteiger partial charge is 0.432 e. The van der Waals surface area contributed by atoms with Crippen molar-refractivity contribution in [3.8, 4) is 0 Å². The highest BCUT2D eigenvalue weighted by atomic mass is 19.3. The summed E-state index contributed by atoms with van der Waals surface area (Å²) in [5.74, 6) is -5.76. The molecule has 0 saturated heterocycles. The number of alkyl halides is 2. The lowest BCUT2D eigenvalue weighted by Crippen LogP contribution is -2.43. The SMILES string of the molecule is C=CCN(C)CCCCCCOC1CCC(N(C)C(=O)OC(F)(F)c2ccc(F)c(F)c2F)CC1. The monoisotopic (exact) mass is 506 g/mol. The van der Waals surface area contributed by atoms with Gasteiger partial charge in [-0.05, 0) is 64.3 Å². The van der Waals surface area contributed by atoms with Gasteiger partial charge in [-0.3, -0.25) is 0 Å². The number of carbonyl (C=O) groups is 1. The lowest BCUT2D eigenvalue weighted by molar-refractivity contribution is -0.216. The zero-order chi connectivity index (χ0) is 26.0. The number of carbonyl (C=O) groups excluding carboxylic acids is 1. The van der Waals surface area contributed by atoms with Crippen molar-refractivity contribution in [3.05, 3.63) is 47.8 Å². The molecule has 5 nitrogen and oxygen atoms in total. The zero-order valence-electron chi connectivity index (χ0n) is 20.4. The standard InChI is InChI=1S/C25H35F5N2O3/c1-4-15-31(2)16-7-5-6-8-17-34-19-11-9-18(10-12-19)32(3)24(33)35-25(29,30)20-13-14-21(26)23(28)22(20)27/h4,13-14,18-19H,1,5-12,15-17H2,2-3H3. The maximum Gasteiger partial charge on any atom is 0.432 e. The van der Waals surface area contributed by atoms with Gasteiger partial charge in [-0.2, -0.15) is 8.78 Å². The van der Waals surface area contributed by atoms with E-state index in [0.29, 0.717) is 44.4 Å². The van der Waals surface area contributed by atoms with Crippen LogP contribution in [0, 0.1) is 17.5 Å². The zero-order valence-corrected chi connectivity index (χ0v) is 20.4. The number of halogens is 5. The van der Waals surface area contributed by atoms with Crippen LogP contribution < -0.4 is 0 Å². The maximum atomic E-state index is 14.3. The van der Waals surface area contributed by atoms with Gasteiger partial charge in [0, 0.05) is 26.2 Å². The number of nitrogens with zero attached hydrogens (tertiary/aromatic N) is 2. The first-order valence-corrected chi connectivity index (χ1v) is 12.0. The molecule has 0 heterocycles. The van der Waals surface area contributed by atoms with Gasteiger partial charge in [-0.1, -0.05) is 18.9 Å². The van der Waals surface area contributed by atoms with E-state index >= 15 is 0 Å². The summed E-state index contributed by atoms with van der Waals surface area (Å²) in [6.45, 7) is 6.30. The van der Waals surface area contributed by atoms with E-state index in [0.717, 1.165) is 43.7 Å². The summed E-state index contributed by atoms with van der Waals surface area (Å²) in [4.78, 5) is 15.5. The fraction of sp³-hybridized carbons (Fsp3) is 0.640. The molecule has 0 bridgehead atoms. The Morgan fingerprint density at radius 3 is 2.37 bits per heavy atom. The van der Waals surface area contributed by atoms with Gasteiger partial charge in [0.15, 0.2) is 17.5 Å². The van der Waals surface area contributed by atoms with Crippen molar-refractivity contribution < 1.29 is 36.2 Å². The highest BCUT2D eigenvalue weighted by Crippen LogP contribution is 2.34. The molecule has 198 valence electrons. The Morgan fingerprint density at radius 1 is 1.06 bits per heavy atom. The quantitative estimate of drug-likeness (QED) is 0.138. The fourth-order valence-electron chi connectivity index (χ4n) is 4.13. The molecule has 0 atom stereocenters. The van der Waals surface area contributed by atoms with E-state index in [-0.39, 0.29) is 12.1 Å². The van der Waals surface area contributed by atoms with Crippen molar-refractivity contribution in [2.24, 2.45) is 0 Å². The number of ether oxygens (including phenoxy) is 2. The molecular weight excluding hydrogens is 471 g/mol. The molecule has 0 N–H and O–H groups in total. The molecule has 10 heteroatoms. The Bertz CT molecular complexity index is 832. The van der Waals surface area contributed by atoms with Crippen LogP contribution in [-0.2, 0) is 15.6 Å².